The monoisotopic (exact) mass is 277 g/mol. The molecular formula is C17H31N3. The van der Waals surface area contributed by atoms with Crippen molar-refractivity contribution in [3.8, 4) is 0 Å². The molecule has 3 nitrogen and oxygen atoms in total. The van der Waals surface area contributed by atoms with Crippen LogP contribution in [0.5, 0.6) is 0 Å². The zero-order valence-electron chi connectivity index (χ0n) is 14.0. The Balaban J connectivity index is 2.80. The maximum absolute atomic E-state index is 4.74. The Kier molecular flexibility index (Phi) is 7.14. The molecule has 1 atom stereocenters. The van der Waals surface area contributed by atoms with Crippen molar-refractivity contribution in [1.29, 1.82) is 0 Å². The van der Waals surface area contributed by atoms with E-state index in [1.807, 2.05) is 0 Å². The molecule has 0 spiro atoms. The molecule has 0 aliphatic rings. The van der Waals surface area contributed by atoms with Crippen molar-refractivity contribution in [2.24, 2.45) is 5.92 Å². The van der Waals surface area contributed by atoms with Gasteiger partial charge in [0, 0.05) is 29.8 Å². The van der Waals surface area contributed by atoms with Gasteiger partial charge in [0.05, 0.1) is 0 Å². The van der Waals surface area contributed by atoms with Crippen molar-refractivity contribution in [2.75, 3.05) is 6.54 Å². The van der Waals surface area contributed by atoms with Gasteiger partial charge in [-0.15, -0.1) is 0 Å². The van der Waals surface area contributed by atoms with E-state index in [1.54, 1.807) is 0 Å². The lowest BCUT2D eigenvalue weighted by atomic mass is 9.99. The lowest BCUT2D eigenvalue weighted by Gasteiger charge is -2.20. The van der Waals surface area contributed by atoms with Crippen LogP contribution >= 0.6 is 0 Å². The number of aromatic nitrogens is 2. The van der Waals surface area contributed by atoms with Crippen LogP contribution in [0, 0.1) is 12.8 Å². The van der Waals surface area contributed by atoms with E-state index in [1.165, 1.54) is 18.5 Å². The molecule has 1 aromatic rings. The van der Waals surface area contributed by atoms with E-state index >= 15 is 0 Å². The molecular weight excluding hydrogens is 246 g/mol. The second-order valence-corrected chi connectivity index (χ2v) is 6.50. The lowest BCUT2D eigenvalue weighted by Crippen LogP contribution is -2.33. The molecule has 0 radical (unpaired) electrons. The molecule has 0 aromatic carbocycles. The molecule has 0 saturated heterocycles. The molecule has 0 amide bonds. The van der Waals surface area contributed by atoms with E-state index in [-0.39, 0.29) is 0 Å². The maximum Gasteiger partial charge on any atom is 0.131 e. The number of nitrogens with one attached hydrogen (secondary N) is 1. The molecule has 3 heteroatoms. The number of hydrogen-bond donors (Lipinski definition) is 1. The van der Waals surface area contributed by atoms with Crippen LogP contribution in [0.3, 0.4) is 0 Å². The maximum atomic E-state index is 4.74. The van der Waals surface area contributed by atoms with E-state index in [4.69, 9.17) is 4.98 Å². The highest BCUT2D eigenvalue weighted by molar-refractivity contribution is 5.13. The van der Waals surface area contributed by atoms with Crippen molar-refractivity contribution in [2.45, 2.75) is 72.8 Å². The van der Waals surface area contributed by atoms with E-state index in [0.29, 0.717) is 17.9 Å². The minimum absolute atomic E-state index is 0.390. The largest absolute Gasteiger partial charge is 0.314 e. The molecule has 1 unspecified atom stereocenters. The van der Waals surface area contributed by atoms with Gasteiger partial charge in [-0.05, 0) is 38.3 Å². The molecule has 1 rings (SSSR count). The first-order chi connectivity index (χ1) is 9.42. The second-order valence-electron chi connectivity index (χ2n) is 6.50. The fourth-order valence-corrected chi connectivity index (χ4v) is 2.43. The van der Waals surface area contributed by atoms with Crippen molar-refractivity contribution in [3.63, 3.8) is 0 Å². The zero-order valence-corrected chi connectivity index (χ0v) is 14.0. The highest BCUT2D eigenvalue weighted by atomic mass is 14.9. The Hall–Kier alpha value is -0.960. The third kappa shape index (κ3) is 6.00. The summed E-state index contributed by atoms with van der Waals surface area (Å²) >= 11 is 0. The zero-order chi connectivity index (χ0) is 15.1. The molecule has 114 valence electrons. The SMILES string of the molecule is CCCNC(Cc1cc(C)nc(C(C)C)n1)CC(C)C. The lowest BCUT2D eigenvalue weighted by molar-refractivity contribution is 0.413. The van der Waals surface area contributed by atoms with Crippen LogP contribution < -0.4 is 5.32 Å². The molecule has 0 aliphatic heterocycles. The Bertz CT molecular complexity index is 399. The summed E-state index contributed by atoms with van der Waals surface area (Å²) in [5.74, 6) is 2.07. The van der Waals surface area contributed by atoms with Gasteiger partial charge in [-0.1, -0.05) is 34.6 Å². The van der Waals surface area contributed by atoms with Gasteiger partial charge < -0.3 is 5.32 Å². The molecule has 1 heterocycles. The topological polar surface area (TPSA) is 37.8 Å². The van der Waals surface area contributed by atoms with Gasteiger partial charge in [0.25, 0.3) is 0 Å². The van der Waals surface area contributed by atoms with Gasteiger partial charge >= 0.3 is 0 Å². The molecule has 0 saturated carbocycles. The first-order valence-corrected chi connectivity index (χ1v) is 8.00. The summed E-state index contributed by atoms with van der Waals surface area (Å²) in [6, 6.07) is 2.65. The highest BCUT2D eigenvalue weighted by Crippen LogP contribution is 2.14. The third-order valence-corrected chi connectivity index (χ3v) is 3.34. The van der Waals surface area contributed by atoms with Gasteiger partial charge in [-0.3, -0.25) is 0 Å². The summed E-state index contributed by atoms with van der Waals surface area (Å²) in [7, 11) is 0. The minimum atomic E-state index is 0.390. The van der Waals surface area contributed by atoms with E-state index in [9.17, 15) is 0 Å². The normalized spacial score (nSPS) is 13.2. The Morgan fingerprint density at radius 2 is 1.85 bits per heavy atom. The summed E-state index contributed by atoms with van der Waals surface area (Å²) in [6.45, 7) is 14.2. The highest BCUT2D eigenvalue weighted by Gasteiger charge is 2.14. The average molecular weight is 277 g/mol. The first-order valence-electron chi connectivity index (χ1n) is 8.00. The molecule has 0 bridgehead atoms. The Morgan fingerprint density at radius 1 is 1.15 bits per heavy atom. The second kappa shape index (κ2) is 8.35. The van der Waals surface area contributed by atoms with Gasteiger partial charge in [0.2, 0.25) is 0 Å². The van der Waals surface area contributed by atoms with Crippen LogP contribution in [-0.4, -0.2) is 22.6 Å². The third-order valence-electron chi connectivity index (χ3n) is 3.34. The summed E-state index contributed by atoms with van der Waals surface area (Å²) in [6.07, 6.45) is 3.37. The molecule has 0 aliphatic carbocycles. The molecule has 0 fully saturated rings. The van der Waals surface area contributed by atoms with E-state index in [2.05, 4.69) is 57.9 Å². The molecule has 20 heavy (non-hydrogen) atoms. The summed E-state index contributed by atoms with van der Waals surface area (Å²) in [5.41, 5.74) is 2.26. The molecule has 1 N–H and O–H groups in total. The van der Waals surface area contributed by atoms with Crippen LogP contribution in [0.4, 0.5) is 0 Å². The smallest absolute Gasteiger partial charge is 0.131 e. The summed E-state index contributed by atoms with van der Waals surface area (Å²) < 4.78 is 0. The van der Waals surface area contributed by atoms with Gasteiger partial charge in [0.1, 0.15) is 5.82 Å². The number of hydrogen-bond acceptors (Lipinski definition) is 3. The Morgan fingerprint density at radius 3 is 2.40 bits per heavy atom. The van der Waals surface area contributed by atoms with Crippen molar-refractivity contribution < 1.29 is 0 Å². The Labute approximate surface area is 124 Å². The van der Waals surface area contributed by atoms with Gasteiger partial charge in [-0.2, -0.15) is 0 Å². The van der Waals surface area contributed by atoms with Gasteiger partial charge in [0.15, 0.2) is 0 Å². The van der Waals surface area contributed by atoms with Crippen molar-refractivity contribution in [1.82, 2.24) is 15.3 Å². The van der Waals surface area contributed by atoms with Crippen LogP contribution in [0.25, 0.3) is 0 Å². The van der Waals surface area contributed by atoms with E-state index < -0.39 is 0 Å². The van der Waals surface area contributed by atoms with Crippen LogP contribution in [0.2, 0.25) is 0 Å². The van der Waals surface area contributed by atoms with Crippen LogP contribution in [-0.2, 0) is 6.42 Å². The average Bonchev–Trinajstić information content (AvgIpc) is 2.34. The first kappa shape index (κ1) is 17.1. The predicted octanol–water partition coefficient (Wildman–Crippen LogP) is 3.87. The predicted molar refractivity (Wildman–Crippen MR) is 86.1 cm³/mol. The number of rotatable bonds is 8. The standard InChI is InChI=1S/C17H31N3/c1-7-8-18-15(9-12(2)3)11-16-10-14(6)19-17(20-16)13(4)5/h10,12-13,15,18H,7-9,11H2,1-6H3. The van der Waals surface area contributed by atoms with Crippen molar-refractivity contribution >= 4 is 0 Å². The quantitative estimate of drug-likeness (QED) is 0.784. The number of aryl methyl sites for hydroxylation is 1. The summed E-state index contributed by atoms with van der Waals surface area (Å²) in [5, 5.41) is 3.66. The minimum Gasteiger partial charge on any atom is -0.314 e. The fourth-order valence-electron chi connectivity index (χ4n) is 2.43. The fraction of sp³-hybridized carbons (Fsp3) is 0.765. The van der Waals surface area contributed by atoms with Crippen molar-refractivity contribution in [3.05, 3.63) is 23.3 Å². The van der Waals surface area contributed by atoms with Crippen LogP contribution in [0.1, 0.15) is 70.6 Å². The van der Waals surface area contributed by atoms with Crippen LogP contribution in [0.15, 0.2) is 6.07 Å². The van der Waals surface area contributed by atoms with Gasteiger partial charge in [-0.25, -0.2) is 9.97 Å². The van der Waals surface area contributed by atoms with E-state index in [0.717, 1.165) is 24.5 Å². The molecule has 1 aromatic heterocycles. The number of nitrogens with zero attached hydrogens (tertiary/aromatic N) is 2. The summed E-state index contributed by atoms with van der Waals surface area (Å²) in [4.78, 5) is 9.27.